The third kappa shape index (κ3) is 9.52. The molecule has 2 N–H and O–H groups in total. The molecule has 8 heterocycles. The molecular weight excluding hydrogens is 913 g/mol. The molecule has 71 heavy (non-hydrogen) atoms. The monoisotopic (exact) mass is 981 g/mol. The maximum atomic E-state index is 16.8. The first kappa shape index (κ1) is 48.1. The Bertz CT molecular complexity index is 2610. The highest BCUT2D eigenvalue weighted by atomic mass is 19.1. The number of fused-ring (bicyclic) bond motifs is 2. The summed E-state index contributed by atoms with van der Waals surface area (Å²) in [4.78, 5) is 51.2. The van der Waals surface area contributed by atoms with Gasteiger partial charge in [0.1, 0.15) is 29.0 Å². The summed E-state index contributed by atoms with van der Waals surface area (Å²) < 4.78 is 78.1. The number of amides is 2. The molecular formula is C55H68F4N8O4. The fraction of sp³-hybridized carbons (Fsp3) is 0.600. The second kappa shape index (κ2) is 19.7. The molecule has 0 aliphatic carbocycles. The fourth-order valence-electron chi connectivity index (χ4n) is 13.0. The Morgan fingerprint density at radius 1 is 0.577 bits per heavy atom. The molecule has 4 atom stereocenters. The number of halogens is 4. The number of hydrogen-bond acceptors (Lipinski definition) is 8. The maximum absolute atomic E-state index is 16.8. The van der Waals surface area contributed by atoms with Crippen molar-refractivity contribution in [2.45, 2.75) is 135 Å². The second-order valence-electron chi connectivity index (χ2n) is 22.4. The summed E-state index contributed by atoms with van der Waals surface area (Å²) >= 11 is 0. The number of aromatic nitrogens is 4. The standard InChI is InChI=1S/C55H68F4N8O4/c1-55(2,3)34-10-18-64(19-11-34)52-40(58)26-35(27-41(52)59)67-46(36-28-42-44(30-38(36)56)62-53(60-42)48-6-4-16-65(48)50(68)24-32-12-20-70-21-13-32)8-9-47(67)37-29-43-45(31-39(37)57)63-54(61-43)49-7-5-17-66(49)51(69)25-33-14-22-71-23-15-33/h26-34,46-49H,4-25H2,1-3H3,(H,60,62)(H,61,63)/t46-,47?,48+,49+/m1/s1. The van der Waals surface area contributed by atoms with Crippen molar-refractivity contribution in [1.82, 2.24) is 29.7 Å². The first-order chi connectivity index (χ1) is 34.3. The van der Waals surface area contributed by atoms with E-state index in [1.807, 2.05) is 9.80 Å². The van der Waals surface area contributed by atoms with E-state index in [9.17, 15) is 9.59 Å². The van der Waals surface area contributed by atoms with Crippen LogP contribution < -0.4 is 9.80 Å². The molecule has 0 radical (unpaired) electrons. The number of hydrogen-bond donors (Lipinski definition) is 2. The molecule has 3 aromatic carbocycles. The van der Waals surface area contributed by atoms with Crippen molar-refractivity contribution in [3.05, 3.63) is 82.4 Å². The first-order valence-electron chi connectivity index (χ1n) is 26.4. The van der Waals surface area contributed by atoms with Gasteiger partial charge in [0.05, 0.1) is 46.2 Å². The molecule has 5 aromatic rings. The zero-order valence-electron chi connectivity index (χ0n) is 41.4. The van der Waals surface area contributed by atoms with Gasteiger partial charge in [-0.15, -0.1) is 0 Å². The van der Waals surface area contributed by atoms with Crippen LogP contribution in [0.15, 0.2) is 36.4 Å². The zero-order chi connectivity index (χ0) is 49.1. The number of ether oxygens (including phenoxy) is 2. The second-order valence-corrected chi connectivity index (χ2v) is 22.4. The number of rotatable bonds is 10. The molecule has 6 aliphatic rings. The minimum atomic E-state index is -0.742. The van der Waals surface area contributed by atoms with Crippen molar-refractivity contribution in [3.63, 3.8) is 0 Å². The quantitative estimate of drug-likeness (QED) is 0.133. The Kier molecular flexibility index (Phi) is 13.3. The van der Waals surface area contributed by atoms with E-state index in [2.05, 4.69) is 30.7 Å². The minimum absolute atomic E-state index is 0.0806. The van der Waals surface area contributed by atoms with E-state index in [0.29, 0.717) is 129 Å². The van der Waals surface area contributed by atoms with Crippen LogP contribution in [0.4, 0.5) is 28.9 Å². The summed E-state index contributed by atoms with van der Waals surface area (Å²) in [7, 11) is 0. The molecule has 6 aliphatic heterocycles. The van der Waals surface area contributed by atoms with Crippen LogP contribution in [0.2, 0.25) is 0 Å². The number of carbonyl (C=O) groups is 2. The Hall–Kier alpha value is -5.22. The fourth-order valence-corrected chi connectivity index (χ4v) is 13.0. The van der Waals surface area contributed by atoms with E-state index >= 15 is 17.6 Å². The minimum Gasteiger partial charge on any atom is -0.381 e. The molecule has 0 bridgehead atoms. The van der Waals surface area contributed by atoms with Gasteiger partial charge in [0.2, 0.25) is 11.8 Å². The van der Waals surface area contributed by atoms with Crippen LogP contribution in [-0.2, 0) is 19.1 Å². The SMILES string of the molecule is CC(C)(C)C1CCN(c2c(F)cc(N3C(c4cc5[nH]c([C@@H]6CCCN6C(=O)CC6CCOCC6)nc5cc4F)CC[C@@H]3c3cc4[nH]c([C@@H]5CCCN5C(=O)CC5CCOCC5)nc4cc3F)cc2F)CC1. The van der Waals surface area contributed by atoms with Gasteiger partial charge in [0, 0.05) is 94.4 Å². The number of aromatic amines is 2. The summed E-state index contributed by atoms with van der Waals surface area (Å²) in [5, 5.41) is 0. The largest absolute Gasteiger partial charge is 0.381 e. The number of nitrogens with one attached hydrogen (secondary N) is 2. The van der Waals surface area contributed by atoms with Gasteiger partial charge in [-0.1, -0.05) is 20.8 Å². The third-order valence-electron chi connectivity index (χ3n) is 17.1. The summed E-state index contributed by atoms with van der Waals surface area (Å²) in [6.07, 6.45) is 9.83. The van der Waals surface area contributed by atoms with Crippen molar-refractivity contribution in [2.75, 3.05) is 62.4 Å². The van der Waals surface area contributed by atoms with E-state index in [4.69, 9.17) is 19.4 Å². The summed E-state index contributed by atoms with van der Waals surface area (Å²) in [5.74, 6) is -0.143. The van der Waals surface area contributed by atoms with Crippen LogP contribution >= 0.6 is 0 Å². The Balaban J connectivity index is 0.920. The number of benzene rings is 3. The molecule has 16 heteroatoms. The number of imidazole rings is 2. The average molecular weight is 981 g/mol. The van der Waals surface area contributed by atoms with Crippen LogP contribution in [0.25, 0.3) is 22.1 Å². The molecule has 6 saturated heterocycles. The first-order valence-corrected chi connectivity index (χ1v) is 26.4. The lowest BCUT2D eigenvalue weighted by Gasteiger charge is -2.40. The van der Waals surface area contributed by atoms with Crippen LogP contribution in [0.3, 0.4) is 0 Å². The molecule has 6 fully saturated rings. The normalized spacial score (nSPS) is 24.4. The van der Waals surface area contributed by atoms with E-state index < -0.39 is 35.4 Å². The number of carbonyl (C=O) groups excluding carboxylic acids is 2. The highest BCUT2D eigenvalue weighted by Crippen LogP contribution is 2.50. The molecule has 380 valence electrons. The van der Waals surface area contributed by atoms with Gasteiger partial charge in [-0.05, 0) is 124 Å². The predicted molar refractivity (Wildman–Crippen MR) is 264 cm³/mol. The number of likely N-dealkylation sites (tertiary alicyclic amines) is 2. The van der Waals surface area contributed by atoms with Crippen molar-refractivity contribution in [2.24, 2.45) is 23.2 Å². The van der Waals surface area contributed by atoms with Crippen molar-refractivity contribution in [1.29, 1.82) is 0 Å². The molecule has 2 amide bonds. The topological polar surface area (TPSA) is 123 Å². The van der Waals surface area contributed by atoms with Crippen LogP contribution in [0, 0.1) is 46.4 Å². The number of nitrogens with zero attached hydrogens (tertiary/aromatic N) is 6. The predicted octanol–water partition coefficient (Wildman–Crippen LogP) is 11.3. The van der Waals surface area contributed by atoms with Crippen LogP contribution in [0.1, 0.15) is 158 Å². The molecule has 0 spiro atoms. The number of anilines is 2. The van der Waals surface area contributed by atoms with E-state index in [-0.39, 0.29) is 52.5 Å². The van der Waals surface area contributed by atoms with Gasteiger partial charge in [-0.3, -0.25) is 9.59 Å². The van der Waals surface area contributed by atoms with Crippen molar-refractivity contribution >= 4 is 45.3 Å². The van der Waals surface area contributed by atoms with E-state index in [1.54, 1.807) is 21.9 Å². The highest BCUT2D eigenvalue weighted by molar-refractivity contribution is 5.81. The van der Waals surface area contributed by atoms with E-state index in [1.165, 1.54) is 24.3 Å². The summed E-state index contributed by atoms with van der Waals surface area (Å²) in [5.41, 5.74) is 2.77. The third-order valence-corrected chi connectivity index (χ3v) is 17.1. The molecule has 0 saturated carbocycles. The molecule has 1 unspecified atom stereocenters. The number of H-pyrrole nitrogens is 2. The molecule has 11 rings (SSSR count). The van der Waals surface area contributed by atoms with Gasteiger partial charge in [-0.2, -0.15) is 0 Å². The van der Waals surface area contributed by atoms with Gasteiger partial charge in [0.25, 0.3) is 0 Å². The van der Waals surface area contributed by atoms with Crippen molar-refractivity contribution in [3.8, 4) is 0 Å². The maximum Gasteiger partial charge on any atom is 0.223 e. The average Bonchev–Trinajstić information content (AvgIpc) is 4.21. The number of piperidine rings is 1. The Labute approximate surface area is 413 Å². The lowest BCUT2D eigenvalue weighted by atomic mass is 9.75. The van der Waals surface area contributed by atoms with Crippen LogP contribution in [-0.4, -0.2) is 94.2 Å². The van der Waals surface area contributed by atoms with Gasteiger partial charge in [0.15, 0.2) is 11.6 Å². The molecule has 12 nitrogen and oxygen atoms in total. The van der Waals surface area contributed by atoms with E-state index in [0.717, 1.165) is 64.2 Å². The highest BCUT2D eigenvalue weighted by Gasteiger charge is 2.41. The summed E-state index contributed by atoms with van der Waals surface area (Å²) in [6, 6.07) is 6.86. The molecule has 2 aromatic heterocycles. The van der Waals surface area contributed by atoms with Gasteiger partial charge < -0.3 is 39.0 Å². The van der Waals surface area contributed by atoms with Crippen LogP contribution in [0.5, 0.6) is 0 Å². The Morgan fingerprint density at radius 3 is 1.46 bits per heavy atom. The Morgan fingerprint density at radius 2 is 1.03 bits per heavy atom. The van der Waals surface area contributed by atoms with Gasteiger partial charge in [-0.25, -0.2) is 27.5 Å². The zero-order valence-corrected chi connectivity index (χ0v) is 41.4. The summed E-state index contributed by atoms with van der Waals surface area (Å²) in [6.45, 7) is 11.6. The lowest BCUT2D eigenvalue weighted by Crippen LogP contribution is -2.39. The lowest BCUT2D eigenvalue weighted by molar-refractivity contribution is -0.134. The van der Waals surface area contributed by atoms with Gasteiger partial charge >= 0.3 is 0 Å². The smallest absolute Gasteiger partial charge is 0.223 e. The van der Waals surface area contributed by atoms with Crippen molar-refractivity contribution < 1.29 is 36.6 Å².